The first-order valence-corrected chi connectivity index (χ1v) is 8.73. The van der Waals surface area contributed by atoms with Gasteiger partial charge in [0.15, 0.2) is 0 Å². The van der Waals surface area contributed by atoms with E-state index < -0.39 is 0 Å². The zero-order valence-corrected chi connectivity index (χ0v) is 15.1. The van der Waals surface area contributed by atoms with Gasteiger partial charge in [0.25, 0.3) is 0 Å². The van der Waals surface area contributed by atoms with Crippen molar-refractivity contribution in [1.82, 2.24) is 5.32 Å². The molecule has 1 aromatic carbocycles. The Labute approximate surface area is 137 Å². The molecule has 1 aliphatic heterocycles. The number of ether oxygens (including phenoxy) is 1. The molecule has 3 atom stereocenters. The fourth-order valence-corrected chi connectivity index (χ4v) is 3.55. The molecule has 1 heterocycles. The summed E-state index contributed by atoms with van der Waals surface area (Å²) in [6, 6.07) is 7.10. The Morgan fingerprint density at radius 3 is 2.57 bits per heavy atom. The summed E-state index contributed by atoms with van der Waals surface area (Å²) in [7, 11) is 0. The van der Waals surface area contributed by atoms with Gasteiger partial charge in [-0.15, -0.1) is 0 Å². The van der Waals surface area contributed by atoms with Gasteiger partial charge in [-0.1, -0.05) is 13.0 Å². The van der Waals surface area contributed by atoms with E-state index in [1.165, 1.54) is 15.7 Å². The van der Waals surface area contributed by atoms with Crippen LogP contribution in [0.4, 0.5) is 5.69 Å². The summed E-state index contributed by atoms with van der Waals surface area (Å²) < 4.78 is 6.99. The number of hydrogen-bond acceptors (Lipinski definition) is 3. The first kappa shape index (κ1) is 16.8. The maximum absolute atomic E-state index is 5.82. The van der Waals surface area contributed by atoms with Crippen molar-refractivity contribution in [1.29, 1.82) is 0 Å². The molecule has 1 N–H and O–H groups in total. The van der Waals surface area contributed by atoms with Crippen molar-refractivity contribution >= 4 is 21.6 Å². The number of benzene rings is 1. The van der Waals surface area contributed by atoms with Crippen LogP contribution in [0.25, 0.3) is 0 Å². The van der Waals surface area contributed by atoms with E-state index in [1.807, 2.05) is 0 Å². The van der Waals surface area contributed by atoms with Crippen molar-refractivity contribution in [3.63, 3.8) is 0 Å². The molecule has 1 aromatic rings. The predicted molar refractivity (Wildman–Crippen MR) is 93.1 cm³/mol. The Balaban J connectivity index is 2.11. The van der Waals surface area contributed by atoms with Crippen LogP contribution in [-0.4, -0.2) is 31.8 Å². The van der Waals surface area contributed by atoms with Crippen molar-refractivity contribution < 1.29 is 4.74 Å². The second-order valence-corrected chi connectivity index (χ2v) is 6.90. The SMILES string of the molecule is CCCNC(C)c1ccc(N2C[C@@H](C)O[C@@H](C)C2)c(Br)c1. The van der Waals surface area contributed by atoms with Crippen LogP contribution < -0.4 is 10.2 Å². The van der Waals surface area contributed by atoms with E-state index in [-0.39, 0.29) is 12.2 Å². The van der Waals surface area contributed by atoms with E-state index >= 15 is 0 Å². The molecule has 0 radical (unpaired) electrons. The monoisotopic (exact) mass is 354 g/mol. The van der Waals surface area contributed by atoms with Gasteiger partial charge in [0, 0.05) is 23.6 Å². The van der Waals surface area contributed by atoms with Crippen molar-refractivity contribution in [3.05, 3.63) is 28.2 Å². The van der Waals surface area contributed by atoms with Crippen molar-refractivity contribution in [2.45, 2.75) is 52.4 Å². The highest BCUT2D eigenvalue weighted by molar-refractivity contribution is 9.10. The third-order valence-electron chi connectivity index (χ3n) is 3.93. The maximum atomic E-state index is 5.82. The molecule has 21 heavy (non-hydrogen) atoms. The van der Waals surface area contributed by atoms with Gasteiger partial charge in [-0.3, -0.25) is 0 Å². The highest BCUT2D eigenvalue weighted by Crippen LogP contribution is 2.31. The second kappa shape index (κ2) is 7.61. The zero-order chi connectivity index (χ0) is 15.4. The first-order chi connectivity index (χ1) is 10.0. The molecular formula is C17H27BrN2O. The van der Waals surface area contributed by atoms with E-state index in [4.69, 9.17) is 4.74 Å². The Morgan fingerprint density at radius 1 is 1.33 bits per heavy atom. The van der Waals surface area contributed by atoms with E-state index in [0.717, 1.165) is 26.1 Å². The first-order valence-electron chi connectivity index (χ1n) is 7.94. The molecule has 0 bridgehead atoms. The number of hydrogen-bond donors (Lipinski definition) is 1. The van der Waals surface area contributed by atoms with Crippen LogP contribution in [0.3, 0.4) is 0 Å². The lowest BCUT2D eigenvalue weighted by Crippen LogP contribution is -2.45. The van der Waals surface area contributed by atoms with Gasteiger partial charge in [-0.05, 0) is 67.4 Å². The largest absolute Gasteiger partial charge is 0.372 e. The molecule has 3 nitrogen and oxygen atoms in total. The normalized spacial score (nSPS) is 24.1. The quantitative estimate of drug-likeness (QED) is 0.860. The molecule has 118 valence electrons. The van der Waals surface area contributed by atoms with Crippen LogP contribution in [0.15, 0.2) is 22.7 Å². The van der Waals surface area contributed by atoms with Gasteiger partial charge in [0.2, 0.25) is 0 Å². The topological polar surface area (TPSA) is 24.5 Å². The number of anilines is 1. The number of rotatable bonds is 5. The third-order valence-corrected chi connectivity index (χ3v) is 4.57. The smallest absolute Gasteiger partial charge is 0.0726 e. The lowest BCUT2D eigenvalue weighted by Gasteiger charge is -2.37. The summed E-state index contributed by atoms with van der Waals surface area (Å²) in [6.45, 7) is 11.6. The highest BCUT2D eigenvalue weighted by Gasteiger charge is 2.23. The summed E-state index contributed by atoms with van der Waals surface area (Å²) in [4.78, 5) is 2.41. The Morgan fingerprint density at radius 2 is 2.00 bits per heavy atom. The van der Waals surface area contributed by atoms with Crippen molar-refractivity contribution in [2.75, 3.05) is 24.5 Å². The maximum Gasteiger partial charge on any atom is 0.0726 e. The molecular weight excluding hydrogens is 328 g/mol. The van der Waals surface area contributed by atoms with E-state index in [0.29, 0.717) is 6.04 Å². The standard InChI is InChI=1S/C17H27BrN2O/c1-5-8-19-14(4)15-6-7-17(16(18)9-15)20-10-12(2)21-13(3)11-20/h6-7,9,12-14,19H,5,8,10-11H2,1-4H3/t12-,13+,14?. The summed E-state index contributed by atoms with van der Waals surface area (Å²) in [5.74, 6) is 0. The molecule has 4 heteroatoms. The highest BCUT2D eigenvalue weighted by atomic mass is 79.9. The van der Waals surface area contributed by atoms with Gasteiger partial charge >= 0.3 is 0 Å². The fraction of sp³-hybridized carbons (Fsp3) is 0.647. The summed E-state index contributed by atoms with van der Waals surface area (Å²) >= 11 is 3.75. The van der Waals surface area contributed by atoms with Gasteiger partial charge < -0.3 is 15.0 Å². The van der Waals surface area contributed by atoms with Crippen LogP contribution >= 0.6 is 15.9 Å². The number of nitrogens with zero attached hydrogens (tertiary/aromatic N) is 1. The fourth-order valence-electron chi connectivity index (χ4n) is 2.90. The lowest BCUT2D eigenvalue weighted by molar-refractivity contribution is -0.00525. The molecule has 1 fully saturated rings. The minimum Gasteiger partial charge on any atom is -0.372 e. The van der Waals surface area contributed by atoms with Crippen molar-refractivity contribution in [3.8, 4) is 0 Å². The summed E-state index contributed by atoms with van der Waals surface area (Å²) in [5, 5.41) is 3.53. The van der Waals surface area contributed by atoms with Gasteiger partial charge in [0.05, 0.1) is 17.9 Å². The Hall–Kier alpha value is -0.580. The van der Waals surface area contributed by atoms with Crippen LogP contribution in [0.5, 0.6) is 0 Å². The Kier molecular flexibility index (Phi) is 6.08. The van der Waals surface area contributed by atoms with Crippen LogP contribution in [-0.2, 0) is 4.74 Å². The average Bonchev–Trinajstić information content (AvgIpc) is 2.43. The molecule has 0 saturated carbocycles. The van der Waals surface area contributed by atoms with Gasteiger partial charge in [-0.25, -0.2) is 0 Å². The Bertz CT molecular complexity index is 456. The molecule has 0 spiro atoms. The van der Waals surface area contributed by atoms with Crippen LogP contribution in [0.1, 0.15) is 45.7 Å². The molecule has 1 aliphatic rings. The second-order valence-electron chi connectivity index (χ2n) is 6.05. The predicted octanol–water partition coefficient (Wildman–Crippen LogP) is 4.12. The van der Waals surface area contributed by atoms with E-state index in [9.17, 15) is 0 Å². The number of halogens is 1. The third kappa shape index (κ3) is 4.44. The minimum atomic E-state index is 0.283. The van der Waals surface area contributed by atoms with Crippen molar-refractivity contribution in [2.24, 2.45) is 0 Å². The lowest BCUT2D eigenvalue weighted by atomic mass is 10.1. The molecule has 1 saturated heterocycles. The van der Waals surface area contributed by atoms with E-state index in [1.54, 1.807) is 0 Å². The number of nitrogens with one attached hydrogen (secondary N) is 1. The molecule has 0 amide bonds. The minimum absolute atomic E-state index is 0.283. The van der Waals surface area contributed by atoms with Gasteiger partial charge in [-0.2, -0.15) is 0 Å². The van der Waals surface area contributed by atoms with Crippen LogP contribution in [0, 0.1) is 0 Å². The van der Waals surface area contributed by atoms with Gasteiger partial charge in [0.1, 0.15) is 0 Å². The van der Waals surface area contributed by atoms with Crippen LogP contribution in [0.2, 0.25) is 0 Å². The molecule has 0 aliphatic carbocycles. The summed E-state index contributed by atoms with van der Waals surface area (Å²) in [6.07, 6.45) is 1.73. The molecule has 0 aromatic heterocycles. The average molecular weight is 355 g/mol. The van der Waals surface area contributed by atoms with E-state index in [2.05, 4.69) is 72.0 Å². The number of morpholine rings is 1. The zero-order valence-electron chi connectivity index (χ0n) is 13.5. The molecule has 2 rings (SSSR count). The summed E-state index contributed by atoms with van der Waals surface area (Å²) in [5.41, 5.74) is 2.59. The molecule has 1 unspecified atom stereocenters.